The summed E-state index contributed by atoms with van der Waals surface area (Å²) in [4.78, 5) is 4.67. The van der Waals surface area contributed by atoms with Crippen LogP contribution >= 0.6 is 0 Å². The molecule has 0 saturated heterocycles. The Bertz CT molecular complexity index is 990. The van der Waals surface area contributed by atoms with Gasteiger partial charge in [-0.05, 0) is 37.0 Å². The highest BCUT2D eigenvalue weighted by Gasteiger charge is 2.09. The third-order valence-corrected chi connectivity index (χ3v) is 5.03. The molecule has 0 bridgehead atoms. The van der Waals surface area contributed by atoms with Crippen LogP contribution in [0.5, 0.6) is 5.75 Å². The number of nitrogens with one attached hydrogen (secondary N) is 2. The second kappa shape index (κ2) is 10.6. The lowest BCUT2D eigenvalue weighted by atomic mass is 10.1. The molecule has 0 fully saturated rings. The van der Waals surface area contributed by atoms with Gasteiger partial charge in [-0.1, -0.05) is 31.1 Å². The summed E-state index contributed by atoms with van der Waals surface area (Å²) in [7, 11) is 3.61. The van der Waals surface area contributed by atoms with Crippen molar-refractivity contribution in [3.8, 4) is 5.75 Å². The zero-order valence-electron chi connectivity index (χ0n) is 18.8. The molecule has 0 atom stereocenters. The van der Waals surface area contributed by atoms with Crippen LogP contribution in [-0.2, 0) is 26.6 Å². The normalized spacial score (nSPS) is 11.7. The Hall–Kier alpha value is -3.36. The largest absolute Gasteiger partial charge is 0.497 e. The molecule has 0 radical (unpaired) electrons. The van der Waals surface area contributed by atoms with E-state index in [2.05, 4.69) is 57.0 Å². The number of hydrogen-bond donors (Lipinski definition) is 2. The molecule has 0 aliphatic rings. The van der Waals surface area contributed by atoms with Gasteiger partial charge >= 0.3 is 0 Å². The second-order valence-corrected chi connectivity index (χ2v) is 7.64. The predicted molar refractivity (Wildman–Crippen MR) is 119 cm³/mol. The lowest BCUT2D eigenvalue weighted by Gasteiger charge is -2.12. The standard InChI is InChI=1S/C22H31N7O2/c1-15(2)20-12-19(31-28-20)13-24-22(25-14-21-27-26-16(3)29(21)4)23-11-10-17-6-8-18(30-5)9-7-17/h6-9,12,15H,10-11,13-14H2,1-5H3,(H2,23,24,25). The minimum absolute atomic E-state index is 0.326. The minimum Gasteiger partial charge on any atom is -0.497 e. The van der Waals surface area contributed by atoms with Crippen LogP contribution in [0.3, 0.4) is 0 Å². The van der Waals surface area contributed by atoms with Crippen LogP contribution in [0.25, 0.3) is 0 Å². The number of aryl methyl sites for hydroxylation is 1. The van der Waals surface area contributed by atoms with E-state index in [4.69, 9.17) is 9.26 Å². The maximum atomic E-state index is 5.42. The van der Waals surface area contributed by atoms with Crippen molar-refractivity contribution in [2.75, 3.05) is 13.7 Å². The van der Waals surface area contributed by atoms with Gasteiger partial charge in [0.25, 0.3) is 0 Å². The van der Waals surface area contributed by atoms with Crippen molar-refractivity contribution in [2.45, 2.75) is 46.2 Å². The predicted octanol–water partition coefficient (Wildman–Crippen LogP) is 2.72. The van der Waals surface area contributed by atoms with E-state index < -0.39 is 0 Å². The molecule has 3 rings (SSSR count). The first-order valence-electron chi connectivity index (χ1n) is 10.4. The van der Waals surface area contributed by atoms with Gasteiger partial charge in [0.05, 0.1) is 19.3 Å². The molecule has 1 aromatic carbocycles. The van der Waals surface area contributed by atoms with E-state index in [9.17, 15) is 0 Å². The Morgan fingerprint density at radius 2 is 1.97 bits per heavy atom. The molecule has 0 unspecified atom stereocenters. The summed E-state index contributed by atoms with van der Waals surface area (Å²) in [6.45, 7) is 7.73. The average molecular weight is 426 g/mol. The fourth-order valence-electron chi connectivity index (χ4n) is 2.89. The molecule has 0 saturated carbocycles. The van der Waals surface area contributed by atoms with Crippen LogP contribution < -0.4 is 15.4 Å². The first kappa shape index (κ1) is 22.3. The molecule has 9 heteroatoms. The Morgan fingerprint density at radius 3 is 2.58 bits per heavy atom. The van der Waals surface area contributed by atoms with Crippen molar-refractivity contribution in [2.24, 2.45) is 12.0 Å². The van der Waals surface area contributed by atoms with E-state index in [0.717, 1.165) is 41.8 Å². The minimum atomic E-state index is 0.326. The van der Waals surface area contributed by atoms with Gasteiger partial charge in [-0.25, -0.2) is 4.99 Å². The summed E-state index contributed by atoms with van der Waals surface area (Å²) >= 11 is 0. The van der Waals surface area contributed by atoms with Crippen molar-refractivity contribution in [3.63, 3.8) is 0 Å². The molecule has 31 heavy (non-hydrogen) atoms. The molecule has 166 valence electrons. The molecule has 3 aromatic rings. The number of nitrogens with zero attached hydrogens (tertiary/aromatic N) is 5. The molecule has 0 aliphatic heterocycles. The Kier molecular flexibility index (Phi) is 7.64. The molecule has 0 amide bonds. The first-order chi connectivity index (χ1) is 15.0. The van der Waals surface area contributed by atoms with Crippen molar-refractivity contribution >= 4 is 5.96 Å². The number of aliphatic imine (C=N–C) groups is 1. The smallest absolute Gasteiger partial charge is 0.192 e. The third-order valence-electron chi connectivity index (χ3n) is 5.03. The topological polar surface area (TPSA) is 102 Å². The quantitative estimate of drug-likeness (QED) is 0.401. The zero-order valence-corrected chi connectivity index (χ0v) is 18.8. The number of hydrogen-bond acceptors (Lipinski definition) is 6. The van der Waals surface area contributed by atoms with Crippen LogP contribution in [0.1, 0.15) is 48.4 Å². The van der Waals surface area contributed by atoms with Gasteiger partial charge < -0.3 is 24.5 Å². The summed E-state index contributed by atoms with van der Waals surface area (Å²) in [6, 6.07) is 10.0. The van der Waals surface area contributed by atoms with E-state index in [1.807, 2.05) is 36.7 Å². The molecule has 2 aromatic heterocycles. The van der Waals surface area contributed by atoms with Crippen molar-refractivity contribution in [1.82, 2.24) is 30.6 Å². The average Bonchev–Trinajstić information content (AvgIpc) is 3.38. The second-order valence-electron chi connectivity index (χ2n) is 7.64. The lowest BCUT2D eigenvalue weighted by Crippen LogP contribution is -2.38. The molecule has 0 aliphatic carbocycles. The van der Waals surface area contributed by atoms with Gasteiger partial charge in [-0.2, -0.15) is 0 Å². The van der Waals surface area contributed by atoms with Gasteiger partial charge in [-0.3, -0.25) is 0 Å². The maximum Gasteiger partial charge on any atom is 0.192 e. The Balaban J connectivity index is 1.62. The van der Waals surface area contributed by atoms with Crippen LogP contribution in [0.15, 0.2) is 39.8 Å². The van der Waals surface area contributed by atoms with Crippen LogP contribution in [0.2, 0.25) is 0 Å². The SMILES string of the molecule is COc1ccc(CCNC(=NCc2nnc(C)n2C)NCc2cc(C(C)C)no2)cc1. The van der Waals surface area contributed by atoms with E-state index in [0.29, 0.717) is 25.0 Å². The zero-order chi connectivity index (χ0) is 22.2. The highest BCUT2D eigenvalue weighted by atomic mass is 16.5. The molecule has 2 heterocycles. The van der Waals surface area contributed by atoms with Crippen molar-refractivity contribution < 1.29 is 9.26 Å². The first-order valence-corrected chi connectivity index (χ1v) is 10.4. The van der Waals surface area contributed by atoms with Crippen molar-refractivity contribution in [1.29, 1.82) is 0 Å². The lowest BCUT2D eigenvalue weighted by molar-refractivity contribution is 0.372. The summed E-state index contributed by atoms with van der Waals surface area (Å²) < 4.78 is 12.6. The number of ether oxygens (including phenoxy) is 1. The number of aromatic nitrogens is 4. The monoisotopic (exact) mass is 425 g/mol. The maximum absolute atomic E-state index is 5.42. The number of methoxy groups -OCH3 is 1. The summed E-state index contributed by atoms with van der Waals surface area (Å²) in [5.41, 5.74) is 2.16. The summed E-state index contributed by atoms with van der Waals surface area (Å²) in [6.07, 6.45) is 0.855. The number of rotatable bonds is 9. The summed E-state index contributed by atoms with van der Waals surface area (Å²) in [5, 5.41) is 19.1. The van der Waals surface area contributed by atoms with Crippen LogP contribution in [0, 0.1) is 6.92 Å². The fraction of sp³-hybridized carbons (Fsp3) is 0.455. The van der Waals surface area contributed by atoms with Crippen molar-refractivity contribution in [3.05, 3.63) is 59.0 Å². The molecular formula is C22H31N7O2. The van der Waals surface area contributed by atoms with Crippen LogP contribution in [0.4, 0.5) is 0 Å². The van der Waals surface area contributed by atoms with E-state index in [-0.39, 0.29) is 0 Å². The van der Waals surface area contributed by atoms with Crippen LogP contribution in [-0.4, -0.2) is 39.5 Å². The third kappa shape index (κ3) is 6.31. The molecule has 0 spiro atoms. The van der Waals surface area contributed by atoms with Gasteiger partial charge in [0.2, 0.25) is 0 Å². The molecule has 2 N–H and O–H groups in total. The van der Waals surface area contributed by atoms with Gasteiger partial charge in [0, 0.05) is 19.7 Å². The highest BCUT2D eigenvalue weighted by Crippen LogP contribution is 2.14. The van der Waals surface area contributed by atoms with E-state index >= 15 is 0 Å². The molecular weight excluding hydrogens is 394 g/mol. The summed E-state index contributed by atoms with van der Waals surface area (Å²) in [5.74, 6) is 4.28. The van der Waals surface area contributed by atoms with E-state index in [1.165, 1.54) is 5.56 Å². The fourth-order valence-corrected chi connectivity index (χ4v) is 2.89. The number of guanidine groups is 1. The van der Waals surface area contributed by atoms with Gasteiger partial charge in [0.1, 0.15) is 18.1 Å². The molecule has 9 nitrogen and oxygen atoms in total. The highest BCUT2D eigenvalue weighted by molar-refractivity contribution is 5.79. The van der Waals surface area contributed by atoms with Gasteiger partial charge in [-0.15, -0.1) is 10.2 Å². The van der Waals surface area contributed by atoms with E-state index in [1.54, 1.807) is 7.11 Å². The Labute approximate surface area is 182 Å². The Morgan fingerprint density at radius 1 is 1.19 bits per heavy atom. The van der Waals surface area contributed by atoms with Gasteiger partial charge in [0.15, 0.2) is 17.5 Å². The number of benzene rings is 1.